The third-order valence-corrected chi connectivity index (χ3v) is 6.86. The maximum atomic E-state index is 13.3. The third kappa shape index (κ3) is 4.82. The van der Waals surface area contributed by atoms with Crippen LogP contribution in [0.2, 0.25) is 0 Å². The molecule has 2 heterocycles. The van der Waals surface area contributed by atoms with Crippen LogP contribution in [0.4, 0.5) is 5.69 Å². The molecule has 0 amide bonds. The van der Waals surface area contributed by atoms with Gasteiger partial charge in [0.15, 0.2) is 0 Å². The molecule has 182 valence electrons. The number of aromatic nitrogens is 3. The molecule has 2 aromatic heterocycles. The molecule has 0 aliphatic rings. The summed E-state index contributed by atoms with van der Waals surface area (Å²) < 4.78 is 4.49. The van der Waals surface area contributed by atoms with E-state index in [2.05, 4.69) is 88.5 Å². The summed E-state index contributed by atoms with van der Waals surface area (Å²) in [5.41, 5.74) is 5.98. The molecule has 0 aliphatic carbocycles. The van der Waals surface area contributed by atoms with Crippen LogP contribution in [-0.2, 0) is 0 Å². The minimum Gasteiger partial charge on any atom is -0.372 e. The SMILES string of the molecule is CCN(CC)c1ccc(-n2c(C)cc(C=Nn3c(C(C)C)nc4ccc(Br)cc4c3=O)c2C)cc1. The van der Waals surface area contributed by atoms with Gasteiger partial charge in [-0.2, -0.15) is 9.78 Å². The summed E-state index contributed by atoms with van der Waals surface area (Å²) in [7, 11) is 0. The highest BCUT2D eigenvalue weighted by molar-refractivity contribution is 9.10. The third-order valence-electron chi connectivity index (χ3n) is 6.37. The van der Waals surface area contributed by atoms with Gasteiger partial charge in [-0.05, 0) is 76.2 Å². The van der Waals surface area contributed by atoms with Crippen molar-refractivity contribution in [1.82, 2.24) is 14.2 Å². The summed E-state index contributed by atoms with van der Waals surface area (Å²) in [6, 6.07) is 16.3. The molecule has 0 bridgehead atoms. The molecule has 0 radical (unpaired) electrons. The standard InChI is InChI=1S/C28H32BrN5O/c1-7-32(8-2)23-10-12-24(13-11-23)33-19(5)15-21(20(33)6)17-30-34-27(18(3)4)31-26-14-9-22(29)16-25(26)28(34)35/h9-18H,7-8H2,1-6H3. The predicted molar refractivity (Wildman–Crippen MR) is 150 cm³/mol. The van der Waals surface area contributed by atoms with Crippen molar-refractivity contribution in [2.45, 2.75) is 47.5 Å². The molecule has 35 heavy (non-hydrogen) atoms. The molecule has 0 saturated carbocycles. The summed E-state index contributed by atoms with van der Waals surface area (Å²) >= 11 is 3.46. The average molecular weight is 535 g/mol. The van der Waals surface area contributed by atoms with Crippen LogP contribution in [-0.4, -0.2) is 33.5 Å². The van der Waals surface area contributed by atoms with Crippen LogP contribution < -0.4 is 10.5 Å². The van der Waals surface area contributed by atoms with Crippen LogP contribution in [0.3, 0.4) is 0 Å². The quantitative estimate of drug-likeness (QED) is 0.257. The van der Waals surface area contributed by atoms with E-state index in [9.17, 15) is 4.79 Å². The molecule has 0 atom stereocenters. The summed E-state index contributed by atoms with van der Waals surface area (Å²) in [6.45, 7) is 14.5. The average Bonchev–Trinajstić information content (AvgIpc) is 3.12. The summed E-state index contributed by atoms with van der Waals surface area (Å²) in [4.78, 5) is 20.4. The van der Waals surface area contributed by atoms with E-state index < -0.39 is 0 Å². The molecule has 0 spiro atoms. The Hall–Kier alpha value is -3.19. The van der Waals surface area contributed by atoms with Crippen molar-refractivity contribution in [3.63, 3.8) is 0 Å². The molecular formula is C28H32BrN5O. The van der Waals surface area contributed by atoms with E-state index >= 15 is 0 Å². The van der Waals surface area contributed by atoms with Crippen molar-refractivity contribution in [3.8, 4) is 5.69 Å². The first kappa shape index (κ1) is 24.9. The number of nitrogens with zero attached hydrogens (tertiary/aromatic N) is 5. The largest absolute Gasteiger partial charge is 0.372 e. The number of rotatable bonds is 7. The van der Waals surface area contributed by atoms with Gasteiger partial charge in [0.05, 0.1) is 17.1 Å². The van der Waals surface area contributed by atoms with Gasteiger partial charge in [0.1, 0.15) is 5.82 Å². The maximum Gasteiger partial charge on any atom is 0.282 e. The summed E-state index contributed by atoms with van der Waals surface area (Å²) in [5.74, 6) is 0.687. The maximum absolute atomic E-state index is 13.3. The van der Waals surface area contributed by atoms with E-state index in [1.807, 2.05) is 26.0 Å². The molecule has 4 rings (SSSR count). The van der Waals surface area contributed by atoms with E-state index in [0.29, 0.717) is 16.7 Å². The number of anilines is 1. The van der Waals surface area contributed by atoms with Crippen molar-refractivity contribution in [3.05, 3.63) is 86.1 Å². The van der Waals surface area contributed by atoms with E-state index in [1.54, 1.807) is 12.3 Å². The fourth-order valence-electron chi connectivity index (χ4n) is 4.49. The zero-order valence-corrected chi connectivity index (χ0v) is 22.8. The number of aryl methyl sites for hydroxylation is 1. The van der Waals surface area contributed by atoms with Crippen LogP contribution in [0.25, 0.3) is 16.6 Å². The first-order valence-corrected chi connectivity index (χ1v) is 12.8. The van der Waals surface area contributed by atoms with Gasteiger partial charge < -0.3 is 9.47 Å². The second-order valence-corrected chi connectivity index (χ2v) is 9.91. The van der Waals surface area contributed by atoms with Gasteiger partial charge in [0.25, 0.3) is 5.56 Å². The monoisotopic (exact) mass is 533 g/mol. The molecule has 6 nitrogen and oxygen atoms in total. The molecular weight excluding hydrogens is 502 g/mol. The number of hydrogen-bond donors (Lipinski definition) is 0. The normalized spacial score (nSPS) is 11.8. The van der Waals surface area contributed by atoms with Crippen molar-refractivity contribution in [1.29, 1.82) is 0 Å². The fraction of sp³-hybridized carbons (Fsp3) is 0.321. The Morgan fingerprint density at radius 2 is 1.74 bits per heavy atom. The van der Waals surface area contributed by atoms with E-state index in [0.717, 1.165) is 40.2 Å². The lowest BCUT2D eigenvalue weighted by molar-refractivity contribution is 0.665. The van der Waals surface area contributed by atoms with Crippen molar-refractivity contribution < 1.29 is 0 Å². The van der Waals surface area contributed by atoms with Gasteiger partial charge in [-0.25, -0.2) is 4.98 Å². The van der Waals surface area contributed by atoms with Gasteiger partial charge in [-0.1, -0.05) is 29.8 Å². The zero-order valence-electron chi connectivity index (χ0n) is 21.2. The van der Waals surface area contributed by atoms with Crippen molar-refractivity contribution >= 4 is 38.7 Å². The lowest BCUT2D eigenvalue weighted by Gasteiger charge is -2.21. The van der Waals surface area contributed by atoms with Crippen LogP contribution in [0, 0.1) is 13.8 Å². The number of fused-ring (bicyclic) bond motifs is 1. The fourth-order valence-corrected chi connectivity index (χ4v) is 4.85. The first-order valence-electron chi connectivity index (χ1n) is 12.1. The molecule has 0 N–H and O–H groups in total. The molecule has 4 aromatic rings. The molecule has 7 heteroatoms. The second-order valence-electron chi connectivity index (χ2n) is 9.00. The minimum absolute atomic E-state index is 0.0460. The Kier molecular flexibility index (Phi) is 7.26. The van der Waals surface area contributed by atoms with Crippen LogP contribution in [0.5, 0.6) is 0 Å². The van der Waals surface area contributed by atoms with Crippen molar-refractivity contribution in [2.75, 3.05) is 18.0 Å². The molecule has 2 aromatic carbocycles. The Morgan fingerprint density at radius 3 is 2.37 bits per heavy atom. The smallest absolute Gasteiger partial charge is 0.282 e. The van der Waals surface area contributed by atoms with Crippen LogP contribution >= 0.6 is 15.9 Å². The molecule has 0 unspecified atom stereocenters. The Bertz CT molecular complexity index is 1440. The molecule has 0 fully saturated rings. The summed E-state index contributed by atoms with van der Waals surface area (Å²) in [6.07, 6.45) is 1.77. The number of halogens is 1. The Balaban J connectivity index is 1.75. The number of benzene rings is 2. The Morgan fingerprint density at radius 1 is 1.06 bits per heavy atom. The Labute approximate surface area is 215 Å². The highest BCUT2D eigenvalue weighted by Gasteiger charge is 2.15. The van der Waals surface area contributed by atoms with Crippen LogP contribution in [0.1, 0.15) is 56.4 Å². The van der Waals surface area contributed by atoms with E-state index in [1.165, 1.54) is 10.4 Å². The number of hydrogen-bond acceptors (Lipinski definition) is 4. The van der Waals surface area contributed by atoms with Gasteiger partial charge in [0, 0.05) is 51.8 Å². The topological polar surface area (TPSA) is 55.4 Å². The zero-order chi connectivity index (χ0) is 25.3. The first-order chi connectivity index (χ1) is 16.7. The highest BCUT2D eigenvalue weighted by atomic mass is 79.9. The van der Waals surface area contributed by atoms with E-state index in [4.69, 9.17) is 4.98 Å². The summed E-state index contributed by atoms with van der Waals surface area (Å²) in [5, 5.41) is 5.17. The molecule has 0 aliphatic heterocycles. The highest BCUT2D eigenvalue weighted by Crippen LogP contribution is 2.23. The van der Waals surface area contributed by atoms with Crippen LogP contribution in [0.15, 0.2) is 62.9 Å². The van der Waals surface area contributed by atoms with Crippen molar-refractivity contribution in [2.24, 2.45) is 5.10 Å². The molecule has 0 saturated heterocycles. The predicted octanol–water partition coefficient (Wildman–Crippen LogP) is 6.42. The van der Waals surface area contributed by atoms with Gasteiger partial charge in [-0.15, -0.1) is 0 Å². The van der Waals surface area contributed by atoms with Gasteiger partial charge in [0.2, 0.25) is 0 Å². The van der Waals surface area contributed by atoms with Gasteiger partial charge >= 0.3 is 0 Å². The minimum atomic E-state index is -0.169. The van der Waals surface area contributed by atoms with Gasteiger partial charge in [-0.3, -0.25) is 4.79 Å². The van der Waals surface area contributed by atoms with E-state index in [-0.39, 0.29) is 11.5 Å². The lowest BCUT2D eigenvalue weighted by Crippen LogP contribution is -2.23. The second kappa shape index (κ2) is 10.2. The lowest BCUT2D eigenvalue weighted by atomic mass is 10.2.